The molecule has 0 radical (unpaired) electrons. The number of hydrogen-bond acceptors (Lipinski definition) is 4. The van der Waals surface area contributed by atoms with Gasteiger partial charge in [0.15, 0.2) is 5.69 Å². The van der Waals surface area contributed by atoms with Crippen LogP contribution >= 0.6 is 0 Å². The van der Waals surface area contributed by atoms with Crippen LogP contribution in [-0.4, -0.2) is 21.3 Å². The second-order valence-corrected chi connectivity index (χ2v) is 3.51. The minimum atomic E-state index is -1.08. The molecule has 3 N–H and O–H groups in total. The molecular formula is C12H11N3O2. The fraction of sp³-hybridized carbons (Fsp3) is 0.0833. The van der Waals surface area contributed by atoms with Crippen molar-refractivity contribution in [2.45, 2.75) is 6.54 Å². The minimum Gasteiger partial charge on any atom is -0.476 e. The van der Waals surface area contributed by atoms with Crippen LogP contribution in [0.3, 0.4) is 0 Å². The summed E-state index contributed by atoms with van der Waals surface area (Å²) in [5, 5.41) is 16.2. The van der Waals surface area contributed by atoms with Crippen LogP contribution in [0.25, 0.3) is 11.3 Å². The Bertz CT molecular complexity index is 538. The number of carboxylic acid groups (broad SMARTS) is 1. The second-order valence-electron chi connectivity index (χ2n) is 3.51. The van der Waals surface area contributed by atoms with Crippen LogP contribution in [0.1, 0.15) is 16.1 Å². The Morgan fingerprint density at radius 1 is 1.24 bits per heavy atom. The monoisotopic (exact) mass is 229 g/mol. The lowest BCUT2D eigenvalue weighted by molar-refractivity contribution is 0.0689. The van der Waals surface area contributed by atoms with Crippen molar-refractivity contribution < 1.29 is 9.90 Å². The van der Waals surface area contributed by atoms with E-state index < -0.39 is 5.97 Å². The molecule has 0 aliphatic rings. The molecule has 5 heteroatoms. The average molecular weight is 229 g/mol. The molecule has 0 atom stereocenters. The van der Waals surface area contributed by atoms with Gasteiger partial charge >= 0.3 is 5.97 Å². The molecule has 0 amide bonds. The van der Waals surface area contributed by atoms with Gasteiger partial charge in [0.1, 0.15) is 0 Å². The van der Waals surface area contributed by atoms with Gasteiger partial charge in [0.05, 0.1) is 5.69 Å². The van der Waals surface area contributed by atoms with E-state index in [1.807, 2.05) is 24.3 Å². The highest BCUT2D eigenvalue weighted by molar-refractivity contribution is 5.85. The summed E-state index contributed by atoms with van der Waals surface area (Å²) in [5.74, 6) is -1.08. The lowest BCUT2D eigenvalue weighted by Gasteiger charge is -2.02. The SMILES string of the molecule is NCc1cccc(-c2ccc(C(=O)O)nn2)c1. The van der Waals surface area contributed by atoms with Gasteiger partial charge in [-0.15, -0.1) is 10.2 Å². The van der Waals surface area contributed by atoms with Gasteiger partial charge in [-0.25, -0.2) is 4.79 Å². The molecule has 1 heterocycles. The van der Waals surface area contributed by atoms with Crippen LogP contribution in [0.4, 0.5) is 0 Å². The molecule has 2 rings (SSSR count). The third-order valence-corrected chi connectivity index (χ3v) is 2.34. The van der Waals surface area contributed by atoms with Gasteiger partial charge in [-0.1, -0.05) is 18.2 Å². The summed E-state index contributed by atoms with van der Waals surface area (Å²) < 4.78 is 0. The first kappa shape index (κ1) is 11.2. The Morgan fingerprint density at radius 3 is 2.65 bits per heavy atom. The van der Waals surface area contributed by atoms with E-state index in [0.29, 0.717) is 12.2 Å². The zero-order valence-electron chi connectivity index (χ0n) is 9.00. The lowest BCUT2D eigenvalue weighted by Crippen LogP contribution is -2.02. The van der Waals surface area contributed by atoms with Gasteiger partial charge in [0, 0.05) is 12.1 Å². The molecular weight excluding hydrogens is 218 g/mol. The summed E-state index contributed by atoms with van der Waals surface area (Å²) in [4.78, 5) is 10.6. The molecule has 0 unspecified atom stereocenters. The summed E-state index contributed by atoms with van der Waals surface area (Å²) >= 11 is 0. The molecule has 0 fully saturated rings. The summed E-state index contributed by atoms with van der Waals surface area (Å²) in [7, 11) is 0. The van der Waals surface area contributed by atoms with Crippen molar-refractivity contribution in [2.24, 2.45) is 5.73 Å². The summed E-state index contributed by atoms with van der Waals surface area (Å²) in [6.07, 6.45) is 0. The quantitative estimate of drug-likeness (QED) is 0.828. The maximum atomic E-state index is 10.6. The average Bonchev–Trinajstić information content (AvgIpc) is 2.39. The van der Waals surface area contributed by atoms with Crippen molar-refractivity contribution >= 4 is 5.97 Å². The van der Waals surface area contributed by atoms with Gasteiger partial charge in [-0.05, 0) is 23.8 Å². The van der Waals surface area contributed by atoms with Gasteiger partial charge in [0.25, 0.3) is 0 Å². The number of rotatable bonds is 3. The number of carbonyl (C=O) groups is 1. The standard InChI is InChI=1S/C12H11N3O2/c13-7-8-2-1-3-9(6-8)10-4-5-11(12(16)17)15-14-10/h1-6H,7,13H2,(H,16,17). The highest BCUT2D eigenvalue weighted by Gasteiger charge is 2.06. The van der Waals surface area contributed by atoms with E-state index in [4.69, 9.17) is 10.8 Å². The van der Waals surface area contributed by atoms with E-state index in [9.17, 15) is 4.79 Å². The molecule has 0 bridgehead atoms. The minimum absolute atomic E-state index is 0.0660. The number of aromatic nitrogens is 2. The van der Waals surface area contributed by atoms with Crippen LogP contribution in [0.2, 0.25) is 0 Å². The summed E-state index contributed by atoms with van der Waals surface area (Å²) in [6, 6.07) is 10.6. The normalized spacial score (nSPS) is 10.2. The van der Waals surface area contributed by atoms with Crippen molar-refractivity contribution in [3.8, 4) is 11.3 Å². The molecule has 0 saturated heterocycles. The topological polar surface area (TPSA) is 89.1 Å². The van der Waals surface area contributed by atoms with Crippen molar-refractivity contribution in [3.63, 3.8) is 0 Å². The van der Waals surface area contributed by atoms with Crippen molar-refractivity contribution in [2.75, 3.05) is 0 Å². The first-order valence-electron chi connectivity index (χ1n) is 5.07. The van der Waals surface area contributed by atoms with Gasteiger partial charge < -0.3 is 10.8 Å². The highest BCUT2D eigenvalue weighted by Crippen LogP contribution is 2.17. The maximum absolute atomic E-state index is 10.6. The number of nitrogens with two attached hydrogens (primary N) is 1. The molecule has 0 aliphatic heterocycles. The first-order valence-corrected chi connectivity index (χ1v) is 5.07. The third-order valence-electron chi connectivity index (χ3n) is 2.34. The van der Waals surface area contributed by atoms with Crippen LogP contribution in [0.15, 0.2) is 36.4 Å². The van der Waals surface area contributed by atoms with Gasteiger partial charge in [-0.3, -0.25) is 0 Å². The fourth-order valence-electron chi connectivity index (χ4n) is 1.46. The van der Waals surface area contributed by atoms with Crippen molar-refractivity contribution in [3.05, 3.63) is 47.7 Å². The Hall–Kier alpha value is -2.27. The zero-order valence-corrected chi connectivity index (χ0v) is 9.00. The Kier molecular flexibility index (Phi) is 3.11. The third kappa shape index (κ3) is 2.46. The second kappa shape index (κ2) is 4.71. The molecule has 0 saturated carbocycles. The van der Waals surface area contributed by atoms with Crippen LogP contribution in [0, 0.1) is 0 Å². The zero-order chi connectivity index (χ0) is 12.3. The van der Waals surface area contributed by atoms with E-state index in [1.54, 1.807) is 6.07 Å². The smallest absolute Gasteiger partial charge is 0.356 e. The van der Waals surface area contributed by atoms with Crippen molar-refractivity contribution in [1.29, 1.82) is 0 Å². The van der Waals surface area contributed by atoms with E-state index in [2.05, 4.69) is 10.2 Å². The van der Waals surface area contributed by atoms with E-state index in [-0.39, 0.29) is 5.69 Å². The summed E-state index contributed by atoms with van der Waals surface area (Å²) in [6.45, 7) is 0.453. The number of hydrogen-bond donors (Lipinski definition) is 2. The fourth-order valence-corrected chi connectivity index (χ4v) is 1.46. The largest absolute Gasteiger partial charge is 0.476 e. The highest BCUT2D eigenvalue weighted by atomic mass is 16.4. The molecule has 17 heavy (non-hydrogen) atoms. The van der Waals surface area contributed by atoms with Gasteiger partial charge in [0.2, 0.25) is 0 Å². The first-order chi connectivity index (χ1) is 8.20. The van der Waals surface area contributed by atoms with Crippen LogP contribution in [0.5, 0.6) is 0 Å². The Balaban J connectivity index is 2.36. The molecule has 0 spiro atoms. The lowest BCUT2D eigenvalue weighted by atomic mass is 10.1. The Labute approximate surface area is 97.9 Å². The van der Waals surface area contributed by atoms with Crippen LogP contribution in [-0.2, 0) is 6.54 Å². The molecule has 1 aromatic heterocycles. The van der Waals surface area contributed by atoms with Crippen LogP contribution < -0.4 is 5.73 Å². The predicted molar refractivity (Wildman–Crippen MR) is 62.3 cm³/mol. The van der Waals surface area contributed by atoms with E-state index in [0.717, 1.165) is 11.1 Å². The molecule has 1 aromatic carbocycles. The Morgan fingerprint density at radius 2 is 2.06 bits per heavy atom. The molecule has 2 aromatic rings. The predicted octanol–water partition coefficient (Wildman–Crippen LogP) is 1.30. The van der Waals surface area contributed by atoms with Gasteiger partial charge in [-0.2, -0.15) is 0 Å². The molecule has 5 nitrogen and oxygen atoms in total. The van der Waals surface area contributed by atoms with Crippen molar-refractivity contribution in [1.82, 2.24) is 10.2 Å². The number of aromatic carboxylic acids is 1. The maximum Gasteiger partial charge on any atom is 0.356 e. The number of carboxylic acids is 1. The van der Waals surface area contributed by atoms with E-state index >= 15 is 0 Å². The number of nitrogens with zero attached hydrogens (tertiary/aromatic N) is 2. The molecule has 86 valence electrons. The molecule has 0 aliphatic carbocycles. The number of benzene rings is 1. The van der Waals surface area contributed by atoms with E-state index in [1.165, 1.54) is 6.07 Å². The summed E-state index contributed by atoms with van der Waals surface area (Å²) in [5.41, 5.74) is 7.98.